The molecule has 0 saturated carbocycles. The lowest BCUT2D eigenvalue weighted by molar-refractivity contribution is 0.171. The first-order chi connectivity index (χ1) is 11.7. The number of benzene rings is 1. The van der Waals surface area contributed by atoms with Gasteiger partial charge >= 0.3 is 0 Å². The average Bonchev–Trinajstić information content (AvgIpc) is 3.28. The number of oxazole rings is 1. The molecular weight excluding hydrogens is 308 g/mol. The smallest absolute Gasteiger partial charge is 0.231 e. The number of hydrogen-bond donors (Lipinski definition) is 0. The van der Waals surface area contributed by atoms with Crippen molar-refractivity contribution in [2.24, 2.45) is 0 Å². The van der Waals surface area contributed by atoms with Gasteiger partial charge in [-0.3, -0.25) is 4.90 Å². The van der Waals surface area contributed by atoms with E-state index >= 15 is 0 Å². The molecule has 128 valence electrons. The summed E-state index contributed by atoms with van der Waals surface area (Å²) in [7, 11) is 1.61. The van der Waals surface area contributed by atoms with Gasteiger partial charge in [0, 0.05) is 18.2 Å². The zero-order valence-corrected chi connectivity index (χ0v) is 14.3. The third kappa shape index (κ3) is 2.60. The molecule has 1 saturated heterocycles. The number of methoxy groups -OCH3 is 1. The van der Waals surface area contributed by atoms with E-state index in [-0.39, 0.29) is 6.79 Å². The van der Waals surface area contributed by atoms with Crippen LogP contribution < -0.4 is 14.2 Å². The standard InChI is InChI=1S/C18H22N2O4/c1-11-5-4-6-20(11)9-14-12(2)24-18(19-14)13-7-15(21-3)17-16(8-13)22-10-23-17/h7-8,11H,4-6,9-10H2,1-3H3. The van der Waals surface area contributed by atoms with E-state index in [9.17, 15) is 0 Å². The highest BCUT2D eigenvalue weighted by Gasteiger charge is 2.25. The summed E-state index contributed by atoms with van der Waals surface area (Å²) in [6.45, 7) is 6.40. The summed E-state index contributed by atoms with van der Waals surface area (Å²) in [5, 5.41) is 0. The Bertz CT molecular complexity index is 756. The molecule has 0 N–H and O–H groups in total. The monoisotopic (exact) mass is 330 g/mol. The molecule has 6 nitrogen and oxygen atoms in total. The average molecular weight is 330 g/mol. The Morgan fingerprint density at radius 1 is 1.33 bits per heavy atom. The molecule has 1 aromatic carbocycles. The van der Waals surface area contributed by atoms with Gasteiger partial charge in [-0.2, -0.15) is 0 Å². The largest absolute Gasteiger partial charge is 0.493 e. The number of ether oxygens (including phenoxy) is 3. The highest BCUT2D eigenvalue weighted by Crippen LogP contribution is 2.44. The van der Waals surface area contributed by atoms with Gasteiger partial charge in [-0.1, -0.05) is 0 Å². The zero-order valence-electron chi connectivity index (χ0n) is 14.3. The molecule has 0 spiro atoms. The number of nitrogens with zero attached hydrogens (tertiary/aromatic N) is 2. The second-order valence-corrected chi connectivity index (χ2v) is 6.40. The zero-order chi connectivity index (χ0) is 16.7. The fourth-order valence-corrected chi connectivity index (χ4v) is 3.37. The van der Waals surface area contributed by atoms with E-state index in [1.54, 1.807) is 7.11 Å². The number of fused-ring (bicyclic) bond motifs is 1. The number of hydrogen-bond acceptors (Lipinski definition) is 6. The van der Waals surface area contributed by atoms with Crippen LogP contribution in [0.5, 0.6) is 17.2 Å². The van der Waals surface area contributed by atoms with Crippen molar-refractivity contribution >= 4 is 0 Å². The van der Waals surface area contributed by atoms with Gasteiger partial charge in [-0.05, 0) is 45.4 Å². The van der Waals surface area contributed by atoms with E-state index in [2.05, 4.69) is 11.8 Å². The third-order valence-corrected chi connectivity index (χ3v) is 4.84. The second kappa shape index (κ2) is 6.02. The van der Waals surface area contributed by atoms with Crippen molar-refractivity contribution in [3.63, 3.8) is 0 Å². The fraction of sp³-hybridized carbons (Fsp3) is 0.500. The van der Waals surface area contributed by atoms with Gasteiger partial charge in [0.25, 0.3) is 0 Å². The summed E-state index contributed by atoms with van der Waals surface area (Å²) >= 11 is 0. The first kappa shape index (κ1) is 15.3. The van der Waals surface area contributed by atoms with Crippen molar-refractivity contribution in [2.45, 2.75) is 39.3 Å². The van der Waals surface area contributed by atoms with Gasteiger partial charge in [-0.15, -0.1) is 0 Å². The van der Waals surface area contributed by atoms with Crippen LogP contribution in [0.2, 0.25) is 0 Å². The molecule has 6 heteroatoms. The van der Waals surface area contributed by atoms with Crippen molar-refractivity contribution in [3.05, 3.63) is 23.6 Å². The van der Waals surface area contributed by atoms with Gasteiger partial charge in [0.05, 0.1) is 12.8 Å². The third-order valence-electron chi connectivity index (χ3n) is 4.84. The Morgan fingerprint density at radius 3 is 2.96 bits per heavy atom. The molecule has 0 amide bonds. The summed E-state index contributed by atoms with van der Waals surface area (Å²) < 4.78 is 22.2. The Hall–Kier alpha value is -2.21. The van der Waals surface area contributed by atoms with Crippen LogP contribution in [0, 0.1) is 6.92 Å². The molecular formula is C18H22N2O4. The predicted molar refractivity (Wildman–Crippen MR) is 88.5 cm³/mol. The van der Waals surface area contributed by atoms with Gasteiger partial charge < -0.3 is 18.6 Å². The SMILES string of the molecule is COc1cc(-c2nc(CN3CCCC3C)c(C)o2)cc2c1OCO2. The van der Waals surface area contributed by atoms with Gasteiger partial charge in [0.15, 0.2) is 11.5 Å². The lowest BCUT2D eigenvalue weighted by Crippen LogP contribution is -2.26. The Morgan fingerprint density at radius 2 is 2.21 bits per heavy atom. The highest BCUT2D eigenvalue weighted by atomic mass is 16.7. The van der Waals surface area contributed by atoms with Gasteiger partial charge in [0.2, 0.25) is 18.4 Å². The van der Waals surface area contributed by atoms with Crippen molar-refractivity contribution in [1.29, 1.82) is 0 Å². The molecule has 24 heavy (non-hydrogen) atoms. The maximum absolute atomic E-state index is 5.92. The molecule has 3 heterocycles. The normalized spacial score (nSPS) is 19.9. The van der Waals surface area contributed by atoms with Crippen LogP contribution in [-0.2, 0) is 6.54 Å². The molecule has 2 aromatic rings. The first-order valence-corrected chi connectivity index (χ1v) is 8.34. The molecule has 1 aromatic heterocycles. The van der Waals surface area contributed by atoms with Crippen LogP contribution in [0.4, 0.5) is 0 Å². The topological polar surface area (TPSA) is 57.0 Å². The van der Waals surface area contributed by atoms with Crippen LogP contribution >= 0.6 is 0 Å². The quantitative estimate of drug-likeness (QED) is 0.857. The Balaban J connectivity index is 1.64. The second-order valence-electron chi connectivity index (χ2n) is 6.40. The molecule has 0 radical (unpaired) electrons. The molecule has 0 aliphatic carbocycles. The lowest BCUT2D eigenvalue weighted by Gasteiger charge is -2.19. The first-order valence-electron chi connectivity index (χ1n) is 8.34. The van der Waals surface area contributed by atoms with E-state index in [1.165, 1.54) is 12.8 Å². The van der Waals surface area contributed by atoms with Crippen LogP contribution in [0.15, 0.2) is 16.5 Å². The molecule has 4 rings (SSSR count). The predicted octanol–water partition coefficient (Wildman–Crippen LogP) is 3.37. The van der Waals surface area contributed by atoms with E-state index in [0.717, 1.165) is 30.1 Å². The maximum Gasteiger partial charge on any atom is 0.231 e. The van der Waals surface area contributed by atoms with Crippen molar-refractivity contribution in [2.75, 3.05) is 20.4 Å². The summed E-state index contributed by atoms with van der Waals surface area (Å²) in [4.78, 5) is 7.17. The summed E-state index contributed by atoms with van der Waals surface area (Å²) in [5.74, 6) is 3.38. The number of rotatable bonds is 4. The molecule has 1 unspecified atom stereocenters. The number of aromatic nitrogens is 1. The summed E-state index contributed by atoms with van der Waals surface area (Å²) in [5.41, 5.74) is 1.83. The minimum Gasteiger partial charge on any atom is -0.493 e. The van der Waals surface area contributed by atoms with Crippen molar-refractivity contribution in [3.8, 4) is 28.7 Å². The number of likely N-dealkylation sites (tertiary alicyclic amines) is 1. The van der Waals surface area contributed by atoms with Crippen LogP contribution in [0.25, 0.3) is 11.5 Å². The minimum absolute atomic E-state index is 0.206. The van der Waals surface area contributed by atoms with Crippen LogP contribution in [-0.4, -0.2) is 36.4 Å². The Labute approximate surface area is 141 Å². The molecule has 1 atom stereocenters. The minimum atomic E-state index is 0.206. The molecule has 2 aliphatic rings. The van der Waals surface area contributed by atoms with E-state index in [0.29, 0.717) is 29.2 Å². The lowest BCUT2D eigenvalue weighted by atomic mass is 10.2. The Kier molecular flexibility index (Phi) is 3.84. The van der Waals surface area contributed by atoms with Gasteiger partial charge in [0.1, 0.15) is 5.76 Å². The molecule has 2 aliphatic heterocycles. The van der Waals surface area contributed by atoms with Crippen LogP contribution in [0.3, 0.4) is 0 Å². The van der Waals surface area contributed by atoms with E-state index < -0.39 is 0 Å². The number of aryl methyl sites for hydroxylation is 1. The van der Waals surface area contributed by atoms with Crippen LogP contribution in [0.1, 0.15) is 31.2 Å². The fourth-order valence-electron chi connectivity index (χ4n) is 3.37. The van der Waals surface area contributed by atoms with Gasteiger partial charge in [-0.25, -0.2) is 4.98 Å². The van der Waals surface area contributed by atoms with E-state index in [4.69, 9.17) is 23.6 Å². The highest BCUT2D eigenvalue weighted by molar-refractivity contribution is 5.66. The molecule has 0 bridgehead atoms. The molecule has 1 fully saturated rings. The van der Waals surface area contributed by atoms with Crippen molar-refractivity contribution < 1.29 is 18.6 Å². The van der Waals surface area contributed by atoms with E-state index in [1.807, 2.05) is 19.1 Å². The maximum atomic E-state index is 5.92. The summed E-state index contributed by atoms with van der Waals surface area (Å²) in [6.07, 6.45) is 2.51. The summed E-state index contributed by atoms with van der Waals surface area (Å²) in [6, 6.07) is 4.37. The van der Waals surface area contributed by atoms with Crippen molar-refractivity contribution in [1.82, 2.24) is 9.88 Å².